The minimum Gasteiger partial charge on any atom is -0.398 e. The summed E-state index contributed by atoms with van der Waals surface area (Å²) in [5, 5.41) is 0. The van der Waals surface area contributed by atoms with Gasteiger partial charge in [-0.25, -0.2) is 0 Å². The normalized spacial score (nSPS) is 22.7. The molecule has 15 heavy (non-hydrogen) atoms. The van der Waals surface area contributed by atoms with Gasteiger partial charge in [0.15, 0.2) is 0 Å². The van der Waals surface area contributed by atoms with Gasteiger partial charge in [-0.15, -0.1) is 0 Å². The topological polar surface area (TPSA) is 29.3 Å². The molecule has 1 aliphatic carbocycles. The average Bonchev–Trinajstić information content (AvgIpc) is 2.77. The zero-order valence-corrected chi connectivity index (χ0v) is 9.29. The SMILES string of the molecule is CC1(CN2Cc3cccc(N)c3C2)CC1. The molecule has 3 rings (SSSR count). The second-order valence-corrected chi connectivity index (χ2v) is 5.44. The Balaban J connectivity index is 1.77. The smallest absolute Gasteiger partial charge is 0.0363 e. The summed E-state index contributed by atoms with van der Waals surface area (Å²) in [6.07, 6.45) is 2.80. The van der Waals surface area contributed by atoms with Gasteiger partial charge in [0, 0.05) is 25.3 Å². The van der Waals surface area contributed by atoms with E-state index in [0.717, 1.165) is 18.8 Å². The van der Waals surface area contributed by atoms with Gasteiger partial charge in [0.05, 0.1) is 0 Å². The molecule has 0 spiro atoms. The molecule has 2 nitrogen and oxygen atoms in total. The number of benzene rings is 1. The second-order valence-electron chi connectivity index (χ2n) is 5.44. The van der Waals surface area contributed by atoms with E-state index in [-0.39, 0.29) is 0 Å². The Morgan fingerprint density at radius 2 is 2.13 bits per heavy atom. The minimum atomic E-state index is 0.608. The predicted octanol–water partition coefficient (Wildman–Crippen LogP) is 2.38. The van der Waals surface area contributed by atoms with Gasteiger partial charge in [0.25, 0.3) is 0 Å². The molecule has 1 fully saturated rings. The monoisotopic (exact) mass is 202 g/mol. The van der Waals surface area contributed by atoms with Crippen molar-refractivity contribution >= 4 is 5.69 Å². The Morgan fingerprint density at radius 1 is 1.33 bits per heavy atom. The van der Waals surface area contributed by atoms with Gasteiger partial charge >= 0.3 is 0 Å². The van der Waals surface area contributed by atoms with Crippen LogP contribution in [0, 0.1) is 5.41 Å². The Kier molecular flexibility index (Phi) is 1.84. The third-order valence-corrected chi connectivity index (χ3v) is 3.79. The van der Waals surface area contributed by atoms with Gasteiger partial charge < -0.3 is 5.73 Å². The van der Waals surface area contributed by atoms with Crippen LogP contribution in [0.15, 0.2) is 18.2 Å². The number of hydrogen-bond acceptors (Lipinski definition) is 2. The van der Waals surface area contributed by atoms with E-state index in [9.17, 15) is 0 Å². The van der Waals surface area contributed by atoms with Gasteiger partial charge in [-0.3, -0.25) is 4.90 Å². The van der Waals surface area contributed by atoms with Crippen molar-refractivity contribution in [3.8, 4) is 0 Å². The lowest BCUT2D eigenvalue weighted by molar-refractivity contribution is 0.233. The summed E-state index contributed by atoms with van der Waals surface area (Å²) < 4.78 is 0. The Hall–Kier alpha value is -1.02. The van der Waals surface area contributed by atoms with Crippen molar-refractivity contribution < 1.29 is 0 Å². The molecular formula is C13H18N2. The van der Waals surface area contributed by atoms with Crippen LogP contribution < -0.4 is 5.73 Å². The highest BCUT2D eigenvalue weighted by Gasteiger charge is 2.39. The quantitative estimate of drug-likeness (QED) is 0.746. The van der Waals surface area contributed by atoms with Gasteiger partial charge in [-0.05, 0) is 35.4 Å². The molecule has 2 N–H and O–H groups in total. The number of nitrogens with two attached hydrogens (primary N) is 1. The molecular weight excluding hydrogens is 184 g/mol. The largest absolute Gasteiger partial charge is 0.398 e. The molecule has 2 heteroatoms. The standard InChI is InChI=1S/C13H18N2/c1-13(5-6-13)9-15-7-10-3-2-4-12(14)11(10)8-15/h2-4H,5-9,14H2,1H3. The lowest BCUT2D eigenvalue weighted by atomic mass is 10.1. The number of rotatable bonds is 2. The zero-order chi connectivity index (χ0) is 10.5. The first kappa shape index (κ1) is 9.22. The van der Waals surface area contributed by atoms with Crippen molar-refractivity contribution in [3.05, 3.63) is 29.3 Å². The maximum absolute atomic E-state index is 5.99. The molecule has 1 aliphatic heterocycles. The first-order chi connectivity index (χ1) is 7.16. The van der Waals surface area contributed by atoms with Crippen LogP contribution in [0.1, 0.15) is 30.9 Å². The molecule has 1 saturated carbocycles. The van der Waals surface area contributed by atoms with Crippen LogP contribution in [0.5, 0.6) is 0 Å². The number of nitrogens with zero attached hydrogens (tertiary/aromatic N) is 1. The lowest BCUT2D eigenvalue weighted by Crippen LogP contribution is -2.23. The van der Waals surface area contributed by atoms with Crippen molar-refractivity contribution in [3.63, 3.8) is 0 Å². The van der Waals surface area contributed by atoms with Gasteiger partial charge in [0.2, 0.25) is 0 Å². The van der Waals surface area contributed by atoms with E-state index in [1.807, 2.05) is 6.07 Å². The van der Waals surface area contributed by atoms with Crippen molar-refractivity contribution in [2.24, 2.45) is 5.41 Å². The number of nitrogen functional groups attached to an aromatic ring is 1. The van der Waals surface area contributed by atoms with Crippen LogP contribution in [0.25, 0.3) is 0 Å². The van der Waals surface area contributed by atoms with Crippen LogP contribution in [-0.4, -0.2) is 11.4 Å². The third-order valence-electron chi connectivity index (χ3n) is 3.79. The van der Waals surface area contributed by atoms with Crippen LogP contribution in [0.4, 0.5) is 5.69 Å². The van der Waals surface area contributed by atoms with Crippen molar-refractivity contribution in [1.82, 2.24) is 4.90 Å². The molecule has 80 valence electrons. The highest BCUT2D eigenvalue weighted by atomic mass is 15.2. The molecule has 0 radical (unpaired) electrons. The van der Waals surface area contributed by atoms with Crippen LogP contribution in [0.3, 0.4) is 0 Å². The summed E-state index contributed by atoms with van der Waals surface area (Å²) in [6, 6.07) is 6.29. The Morgan fingerprint density at radius 3 is 2.80 bits per heavy atom. The van der Waals surface area contributed by atoms with Gasteiger partial charge in [-0.2, -0.15) is 0 Å². The van der Waals surface area contributed by atoms with Crippen LogP contribution in [-0.2, 0) is 13.1 Å². The van der Waals surface area contributed by atoms with Gasteiger partial charge in [-0.1, -0.05) is 19.1 Å². The van der Waals surface area contributed by atoms with E-state index in [2.05, 4.69) is 24.0 Å². The summed E-state index contributed by atoms with van der Waals surface area (Å²) in [5.74, 6) is 0. The fraction of sp³-hybridized carbons (Fsp3) is 0.538. The van der Waals surface area contributed by atoms with Crippen LogP contribution in [0.2, 0.25) is 0 Å². The van der Waals surface area contributed by atoms with E-state index in [4.69, 9.17) is 5.73 Å². The average molecular weight is 202 g/mol. The van der Waals surface area contributed by atoms with Crippen molar-refractivity contribution in [2.45, 2.75) is 32.9 Å². The molecule has 0 amide bonds. The van der Waals surface area contributed by atoms with Crippen molar-refractivity contribution in [2.75, 3.05) is 12.3 Å². The molecule has 0 saturated heterocycles. The number of fused-ring (bicyclic) bond motifs is 1. The zero-order valence-electron chi connectivity index (χ0n) is 9.29. The maximum Gasteiger partial charge on any atom is 0.0363 e. The van der Waals surface area contributed by atoms with E-state index in [1.54, 1.807) is 0 Å². The first-order valence-corrected chi connectivity index (χ1v) is 5.75. The summed E-state index contributed by atoms with van der Waals surface area (Å²) in [7, 11) is 0. The molecule has 0 atom stereocenters. The van der Waals surface area contributed by atoms with E-state index in [1.165, 1.54) is 30.5 Å². The highest BCUT2D eigenvalue weighted by molar-refractivity contribution is 5.52. The molecule has 2 aliphatic rings. The van der Waals surface area contributed by atoms with E-state index < -0.39 is 0 Å². The van der Waals surface area contributed by atoms with Crippen LogP contribution >= 0.6 is 0 Å². The first-order valence-electron chi connectivity index (χ1n) is 5.75. The lowest BCUT2D eigenvalue weighted by Gasteiger charge is -2.19. The second kappa shape index (κ2) is 2.99. The molecule has 1 aromatic rings. The molecule has 1 aromatic carbocycles. The molecule has 0 unspecified atom stereocenters. The van der Waals surface area contributed by atoms with E-state index in [0.29, 0.717) is 5.41 Å². The highest BCUT2D eigenvalue weighted by Crippen LogP contribution is 2.46. The summed E-state index contributed by atoms with van der Waals surface area (Å²) in [4.78, 5) is 2.54. The maximum atomic E-state index is 5.99. The molecule has 1 heterocycles. The van der Waals surface area contributed by atoms with Gasteiger partial charge in [0.1, 0.15) is 0 Å². The molecule has 0 aromatic heterocycles. The van der Waals surface area contributed by atoms with E-state index >= 15 is 0 Å². The minimum absolute atomic E-state index is 0.608. The third kappa shape index (κ3) is 1.63. The summed E-state index contributed by atoms with van der Waals surface area (Å²) in [5.41, 5.74) is 10.4. The van der Waals surface area contributed by atoms with Crippen molar-refractivity contribution in [1.29, 1.82) is 0 Å². The number of anilines is 1. The fourth-order valence-electron chi connectivity index (χ4n) is 2.54. The Bertz CT molecular complexity index is 394. The Labute approximate surface area is 91.1 Å². The summed E-state index contributed by atoms with van der Waals surface area (Å²) in [6.45, 7) is 5.77. The molecule has 0 bridgehead atoms. The summed E-state index contributed by atoms with van der Waals surface area (Å²) >= 11 is 0. The predicted molar refractivity (Wildman–Crippen MR) is 62.3 cm³/mol. The fourth-order valence-corrected chi connectivity index (χ4v) is 2.54. The number of hydrogen-bond donors (Lipinski definition) is 1.